The van der Waals surface area contributed by atoms with E-state index in [1.54, 1.807) is 6.07 Å². The third-order valence-corrected chi connectivity index (χ3v) is 3.65. The van der Waals surface area contributed by atoms with Crippen LogP contribution in [0.2, 0.25) is 0 Å². The summed E-state index contributed by atoms with van der Waals surface area (Å²) < 4.78 is 5.09. The maximum atomic E-state index is 10.9. The van der Waals surface area contributed by atoms with E-state index in [4.69, 9.17) is 10.5 Å². The van der Waals surface area contributed by atoms with Gasteiger partial charge in [0, 0.05) is 23.9 Å². The van der Waals surface area contributed by atoms with Gasteiger partial charge < -0.3 is 15.8 Å². The zero-order chi connectivity index (χ0) is 13.8. The molecule has 1 saturated carbocycles. The Morgan fingerprint density at radius 1 is 1.47 bits per heavy atom. The summed E-state index contributed by atoms with van der Waals surface area (Å²) in [7, 11) is 1.50. The van der Waals surface area contributed by atoms with Crippen LogP contribution in [0.3, 0.4) is 0 Å². The van der Waals surface area contributed by atoms with Crippen LogP contribution in [0.15, 0.2) is 18.2 Å². The predicted octanol–water partition coefficient (Wildman–Crippen LogP) is 2.14. The number of nitro groups is 1. The molecule has 1 aliphatic carbocycles. The number of anilines is 1. The maximum absolute atomic E-state index is 10.9. The molecule has 0 amide bonds. The Balaban J connectivity index is 2.19. The SMILES string of the molecule is COc1cc(NC2CCCC2CN)cc([N+](=O)[O-])c1. The van der Waals surface area contributed by atoms with Crippen molar-refractivity contribution in [1.82, 2.24) is 0 Å². The number of nitrogens with one attached hydrogen (secondary N) is 1. The molecule has 104 valence electrons. The van der Waals surface area contributed by atoms with Crippen molar-refractivity contribution in [3.8, 4) is 5.75 Å². The van der Waals surface area contributed by atoms with Gasteiger partial charge in [-0.2, -0.15) is 0 Å². The standard InChI is InChI=1S/C13H19N3O3/c1-19-12-6-10(5-11(7-12)16(17)18)15-13-4-2-3-9(13)8-14/h5-7,9,13,15H,2-4,8,14H2,1H3. The molecule has 6 heteroatoms. The van der Waals surface area contributed by atoms with Crippen LogP contribution in [0, 0.1) is 16.0 Å². The lowest BCUT2D eigenvalue weighted by Crippen LogP contribution is -2.29. The smallest absolute Gasteiger partial charge is 0.275 e. The molecule has 0 bridgehead atoms. The highest BCUT2D eigenvalue weighted by molar-refractivity contribution is 5.57. The minimum atomic E-state index is -0.414. The summed E-state index contributed by atoms with van der Waals surface area (Å²) >= 11 is 0. The van der Waals surface area contributed by atoms with Gasteiger partial charge in [-0.3, -0.25) is 10.1 Å². The first-order valence-corrected chi connectivity index (χ1v) is 6.44. The van der Waals surface area contributed by atoms with E-state index in [0.29, 0.717) is 18.2 Å². The Kier molecular flexibility index (Phi) is 4.21. The van der Waals surface area contributed by atoms with Gasteiger partial charge in [-0.1, -0.05) is 6.42 Å². The van der Waals surface area contributed by atoms with Gasteiger partial charge in [-0.05, 0) is 25.3 Å². The Labute approximate surface area is 112 Å². The first-order chi connectivity index (χ1) is 9.13. The lowest BCUT2D eigenvalue weighted by molar-refractivity contribution is -0.384. The summed E-state index contributed by atoms with van der Waals surface area (Å²) in [6.07, 6.45) is 3.30. The number of nitrogens with zero attached hydrogens (tertiary/aromatic N) is 1. The fourth-order valence-corrected chi connectivity index (χ4v) is 2.61. The van der Waals surface area contributed by atoms with E-state index in [2.05, 4.69) is 5.32 Å². The fourth-order valence-electron chi connectivity index (χ4n) is 2.61. The number of benzene rings is 1. The fraction of sp³-hybridized carbons (Fsp3) is 0.538. The molecule has 1 fully saturated rings. The molecule has 0 aliphatic heterocycles. The monoisotopic (exact) mass is 265 g/mol. The molecule has 3 N–H and O–H groups in total. The van der Waals surface area contributed by atoms with E-state index in [9.17, 15) is 10.1 Å². The second kappa shape index (κ2) is 5.88. The van der Waals surface area contributed by atoms with Crippen molar-refractivity contribution >= 4 is 11.4 Å². The van der Waals surface area contributed by atoms with Crippen molar-refractivity contribution in [2.75, 3.05) is 19.0 Å². The van der Waals surface area contributed by atoms with Crippen LogP contribution in [-0.4, -0.2) is 24.6 Å². The Hall–Kier alpha value is -1.82. The third-order valence-electron chi connectivity index (χ3n) is 3.65. The normalized spacial score (nSPS) is 22.2. The summed E-state index contributed by atoms with van der Waals surface area (Å²) in [5, 5.41) is 14.2. The van der Waals surface area contributed by atoms with Crippen molar-refractivity contribution in [1.29, 1.82) is 0 Å². The number of hydrogen-bond acceptors (Lipinski definition) is 5. The van der Waals surface area contributed by atoms with Gasteiger partial charge in [0.15, 0.2) is 0 Å². The average Bonchev–Trinajstić information content (AvgIpc) is 2.85. The first-order valence-electron chi connectivity index (χ1n) is 6.44. The van der Waals surface area contributed by atoms with Crippen LogP contribution in [0.25, 0.3) is 0 Å². The number of nitrogens with two attached hydrogens (primary N) is 1. The van der Waals surface area contributed by atoms with E-state index in [1.807, 2.05) is 0 Å². The van der Waals surface area contributed by atoms with Crippen LogP contribution in [0.4, 0.5) is 11.4 Å². The van der Waals surface area contributed by atoms with Crippen molar-refractivity contribution < 1.29 is 9.66 Å². The molecule has 0 saturated heterocycles. The summed E-state index contributed by atoms with van der Waals surface area (Å²) in [5.41, 5.74) is 6.49. The van der Waals surface area contributed by atoms with Crippen molar-refractivity contribution in [3.63, 3.8) is 0 Å². The Morgan fingerprint density at radius 3 is 2.89 bits per heavy atom. The quantitative estimate of drug-likeness (QED) is 0.628. The molecule has 19 heavy (non-hydrogen) atoms. The van der Waals surface area contributed by atoms with E-state index < -0.39 is 4.92 Å². The van der Waals surface area contributed by atoms with Crippen molar-refractivity contribution in [2.24, 2.45) is 11.7 Å². The van der Waals surface area contributed by atoms with Crippen LogP contribution in [0.5, 0.6) is 5.75 Å². The van der Waals surface area contributed by atoms with Crippen molar-refractivity contribution in [2.45, 2.75) is 25.3 Å². The minimum Gasteiger partial charge on any atom is -0.496 e. The molecule has 0 radical (unpaired) electrons. The van der Waals surface area contributed by atoms with Gasteiger partial charge >= 0.3 is 0 Å². The number of nitro benzene ring substituents is 1. The molecule has 1 aromatic rings. The largest absolute Gasteiger partial charge is 0.496 e. The zero-order valence-corrected chi connectivity index (χ0v) is 11.0. The number of rotatable bonds is 5. The summed E-state index contributed by atoms with van der Waals surface area (Å²) in [6.45, 7) is 0.643. The predicted molar refractivity (Wildman–Crippen MR) is 73.5 cm³/mol. The number of ether oxygens (including phenoxy) is 1. The van der Waals surface area contributed by atoms with Gasteiger partial charge in [0.2, 0.25) is 0 Å². The second-order valence-electron chi connectivity index (χ2n) is 4.85. The summed E-state index contributed by atoms with van der Waals surface area (Å²) in [6, 6.07) is 5.02. The molecule has 0 spiro atoms. The topological polar surface area (TPSA) is 90.4 Å². The van der Waals surface area contributed by atoms with Gasteiger partial charge in [0.1, 0.15) is 5.75 Å². The van der Waals surface area contributed by atoms with Crippen molar-refractivity contribution in [3.05, 3.63) is 28.3 Å². The Morgan fingerprint density at radius 2 is 2.26 bits per heavy atom. The molecular weight excluding hydrogens is 246 g/mol. The molecule has 2 rings (SSSR count). The first kappa shape index (κ1) is 13.6. The summed E-state index contributed by atoms with van der Waals surface area (Å²) in [4.78, 5) is 10.5. The van der Waals surface area contributed by atoms with Gasteiger partial charge in [0.05, 0.1) is 18.1 Å². The molecule has 6 nitrogen and oxygen atoms in total. The van der Waals surface area contributed by atoms with Gasteiger partial charge in [0.25, 0.3) is 5.69 Å². The number of methoxy groups -OCH3 is 1. The zero-order valence-electron chi connectivity index (χ0n) is 11.0. The minimum absolute atomic E-state index is 0.0316. The number of hydrogen-bond donors (Lipinski definition) is 2. The lowest BCUT2D eigenvalue weighted by Gasteiger charge is -2.20. The molecular formula is C13H19N3O3. The van der Waals surface area contributed by atoms with Crippen LogP contribution in [-0.2, 0) is 0 Å². The maximum Gasteiger partial charge on any atom is 0.275 e. The molecule has 2 unspecified atom stereocenters. The third kappa shape index (κ3) is 3.14. The van der Waals surface area contributed by atoms with Crippen LogP contribution in [0.1, 0.15) is 19.3 Å². The van der Waals surface area contributed by atoms with E-state index in [1.165, 1.54) is 19.2 Å². The molecule has 0 heterocycles. The van der Waals surface area contributed by atoms with E-state index >= 15 is 0 Å². The van der Waals surface area contributed by atoms with Crippen LogP contribution >= 0.6 is 0 Å². The molecule has 1 aliphatic rings. The van der Waals surface area contributed by atoms with E-state index in [0.717, 1.165) is 24.9 Å². The highest BCUT2D eigenvalue weighted by Gasteiger charge is 2.26. The highest BCUT2D eigenvalue weighted by Crippen LogP contribution is 2.31. The highest BCUT2D eigenvalue weighted by atomic mass is 16.6. The van der Waals surface area contributed by atoms with Gasteiger partial charge in [-0.25, -0.2) is 0 Å². The van der Waals surface area contributed by atoms with E-state index in [-0.39, 0.29) is 11.7 Å². The Bertz CT molecular complexity index is 464. The molecule has 0 aromatic heterocycles. The lowest BCUT2D eigenvalue weighted by atomic mass is 10.0. The number of non-ortho nitro benzene ring substituents is 1. The molecule has 2 atom stereocenters. The second-order valence-corrected chi connectivity index (χ2v) is 4.85. The summed E-state index contributed by atoms with van der Waals surface area (Å²) in [5.74, 6) is 0.921. The molecule has 1 aromatic carbocycles. The average molecular weight is 265 g/mol. The van der Waals surface area contributed by atoms with Gasteiger partial charge in [-0.15, -0.1) is 0 Å². The van der Waals surface area contributed by atoms with Crippen LogP contribution < -0.4 is 15.8 Å².